The minimum absolute atomic E-state index is 0. The first-order valence-corrected chi connectivity index (χ1v) is 4.64. The third-order valence-corrected chi connectivity index (χ3v) is 0.750. The second kappa shape index (κ2) is 8.51. The summed E-state index contributed by atoms with van der Waals surface area (Å²) in [5, 5.41) is 8.25. The van der Waals surface area contributed by atoms with E-state index in [1.165, 1.54) is 0 Å². The van der Waals surface area contributed by atoms with Crippen molar-refractivity contribution in [2.24, 2.45) is 0 Å². The predicted molar refractivity (Wildman–Crippen MR) is 27.6 cm³/mol. The molecule has 0 aliphatic rings. The second-order valence-corrected chi connectivity index (χ2v) is 2.95. The van der Waals surface area contributed by atoms with Gasteiger partial charge in [-0.15, -0.1) is 8.67 Å². The number of carboxylic acid groups (broad SMARTS) is 1. The van der Waals surface area contributed by atoms with E-state index in [2.05, 4.69) is 8.67 Å². The fraction of sp³-hybridized carbons (Fsp3) is 0. The van der Waals surface area contributed by atoms with E-state index in [4.69, 9.17) is 9.90 Å². The molecule has 14 heavy (non-hydrogen) atoms. The molecule has 0 unspecified atom stereocenters. The van der Waals surface area contributed by atoms with Crippen LogP contribution < -0.4 is 34.7 Å². The molecular weight excluding hydrogens is 259 g/mol. The van der Waals surface area contributed by atoms with Crippen molar-refractivity contribution in [3.63, 3.8) is 0 Å². The average Bonchev–Trinajstić information content (AvgIpc) is 1.82. The van der Waals surface area contributed by atoms with E-state index >= 15 is 0 Å². The van der Waals surface area contributed by atoms with Crippen LogP contribution in [0.15, 0.2) is 0 Å². The van der Waals surface area contributed by atoms with Gasteiger partial charge in [-0.1, -0.05) is 0 Å². The van der Waals surface area contributed by atoms with E-state index in [0.717, 1.165) is 0 Å². The molecule has 0 spiro atoms. The molecule has 0 aliphatic heterocycles. The Bertz CT molecular complexity index is 291. The van der Waals surface area contributed by atoms with Crippen LogP contribution in [0.1, 0.15) is 0 Å². The zero-order valence-corrected chi connectivity index (χ0v) is 10.1. The van der Waals surface area contributed by atoms with Crippen LogP contribution in [-0.2, 0) is 34.3 Å². The standard InChI is InChI=1S/CH2O2.Na.H2O8S2/c2-1-3;;1-9(2,3)7-8-10(4,5)6/h1H,(H,2,3);;(H,1,2,3)(H,4,5,6)/q;+1;/p-3. The number of hydrogen-bond donors (Lipinski definition) is 0. The van der Waals surface area contributed by atoms with Gasteiger partial charge < -0.3 is 19.0 Å². The summed E-state index contributed by atoms with van der Waals surface area (Å²) in [6.45, 7) is -0.500. The van der Waals surface area contributed by atoms with Gasteiger partial charge in [-0.05, 0) is 0 Å². The van der Waals surface area contributed by atoms with Crippen molar-refractivity contribution in [2.45, 2.75) is 0 Å². The van der Waals surface area contributed by atoms with Crippen LogP contribution in [0, 0.1) is 0 Å². The molecule has 0 atom stereocenters. The first-order valence-electron chi connectivity index (χ1n) is 1.97. The van der Waals surface area contributed by atoms with Crippen LogP contribution in [0.4, 0.5) is 0 Å². The van der Waals surface area contributed by atoms with Crippen LogP contribution >= 0.6 is 0 Å². The third-order valence-electron chi connectivity index (χ3n) is 0.194. The van der Waals surface area contributed by atoms with E-state index in [-0.39, 0.29) is 29.6 Å². The average molecular weight is 260 g/mol. The molecule has 0 aromatic heterocycles. The summed E-state index contributed by atoms with van der Waals surface area (Å²) in [6, 6.07) is 0. The number of carbonyl (C=O) groups excluding carboxylic acids is 1. The summed E-state index contributed by atoms with van der Waals surface area (Å²) in [7, 11) is -10.6. The largest absolute Gasteiger partial charge is 1.00 e. The molecule has 0 saturated carbocycles. The molecule has 0 rings (SSSR count). The van der Waals surface area contributed by atoms with E-state index in [1.807, 2.05) is 0 Å². The van der Waals surface area contributed by atoms with E-state index in [9.17, 15) is 25.9 Å². The summed E-state index contributed by atoms with van der Waals surface area (Å²) in [4.78, 5) is 8.25. The number of rotatable bonds is 3. The molecule has 80 valence electrons. The minimum Gasteiger partial charge on any atom is -0.724 e. The van der Waals surface area contributed by atoms with Crippen LogP contribution in [0.25, 0.3) is 0 Å². The fourth-order valence-electron chi connectivity index (χ4n) is 0.0680. The molecule has 0 radical (unpaired) electrons. The first-order chi connectivity index (χ1) is 5.62. The predicted octanol–water partition coefficient (Wildman–Crippen LogP) is -6.77. The van der Waals surface area contributed by atoms with Crippen LogP contribution in [-0.4, -0.2) is 32.4 Å². The normalized spacial score (nSPS) is 10.4. The first kappa shape index (κ1) is 19.7. The maximum absolute atomic E-state index is 9.37. The Hall–Kier alpha value is 0.210. The molecule has 0 saturated heterocycles. The molecule has 0 N–H and O–H groups in total. The fourth-order valence-corrected chi connectivity index (χ4v) is 0.612. The van der Waals surface area contributed by atoms with Gasteiger partial charge in [0.1, 0.15) is 0 Å². The van der Waals surface area contributed by atoms with Gasteiger partial charge in [0.15, 0.2) is 0 Å². The number of carbonyl (C=O) groups is 1. The van der Waals surface area contributed by atoms with Crippen molar-refractivity contribution in [3.05, 3.63) is 0 Å². The van der Waals surface area contributed by atoms with Crippen molar-refractivity contribution in [1.82, 2.24) is 0 Å². The minimum atomic E-state index is -5.31. The van der Waals surface area contributed by atoms with E-state index in [1.54, 1.807) is 0 Å². The quantitative estimate of drug-likeness (QED) is 0.118. The van der Waals surface area contributed by atoms with Crippen molar-refractivity contribution < 1.29 is 74.1 Å². The maximum atomic E-state index is 9.37. The van der Waals surface area contributed by atoms with Crippen LogP contribution in [0.5, 0.6) is 0 Å². The second-order valence-electron chi connectivity index (χ2n) is 1.05. The summed E-state index contributed by atoms with van der Waals surface area (Å²) in [6.07, 6.45) is 0. The monoisotopic (exact) mass is 260 g/mol. The summed E-state index contributed by atoms with van der Waals surface area (Å²) < 4.78 is 61.5. The summed E-state index contributed by atoms with van der Waals surface area (Å²) >= 11 is 0. The molecular formula is CHNaO10S2-2. The van der Waals surface area contributed by atoms with Gasteiger partial charge >= 0.3 is 29.6 Å². The molecule has 0 aromatic rings. The number of hydrogen-bond acceptors (Lipinski definition) is 10. The molecule has 0 bridgehead atoms. The van der Waals surface area contributed by atoms with Gasteiger partial charge in [0, 0.05) is 6.47 Å². The molecule has 10 nitrogen and oxygen atoms in total. The Labute approximate surface area is 101 Å². The Morgan fingerprint density at radius 1 is 0.929 bits per heavy atom. The zero-order valence-electron chi connectivity index (χ0n) is 6.48. The van der Waals surface area contributed by atoms with Crippen molar-refractivity contribution in [1.29, 1.82) is 0 Å². The van der Waals surface area contributed by atoms with Crippen molar-refractivity contribution in [3.8, 4) is 0 Å². The van der Waals surface area contributed by atoms with Gasteiger partial charge in [-0.2, -0.15) is 0 Å². The smallest absolute Gasteiger partial charge is 0.724 e. The van der Waals surface area contributed by atoms with Gasteiger partial charge in [0.25, 0.3) is 0 Å². The molecule has 0 aromatic carbocycles. The third kappa shape index (κ3) is 29.5. The Morgan fingerprint density at radius 2 is 1.07 bits per heavy atom. The molecule has 0 amide bonds. The van der Waals surface area contributed by atoms with Gasteiger partial charge in [0.05, 0.1) is 0 Å². The molecule has 0 fully saturated rings. The molecule has 0 heterocycles. The van der Waals surface area contributed by atoms with E-state index < -0.39 is 27.3 Å². The van der Waals surface area contributed by atoms with Gasteiger partial charge in [0.2, 0.25) is 20.8 Å². The Balaban J connectivity index is -0.000000267. The maximum Gasteiger partial charge on any atom is 1.00 e. The topological polar surface area (TPSA) is 173 Å². The Morgan fingerprint density at radius 3 is 1.14 bits per heavy atom. The van der Waals surface area contributed by atoms with Crippen LogP contribution in [0.2, 0.25) is 0 Å². The van der Waals surface area contributed by atoms with Gasteiger partial charge in [-0.3, -0.25) is 0 Å². The molecule has 0 aliphatic carbocycles. The van der Waals surface area contributed by atoms with Gasteiger partial charge in [-0.25, -0.2) is 16.8 Å². The van der Waals surface area contributed by atoms with Crippen molar-refractivity contribution in [2.75, 3.05) is 0 Å². The molecule has 13 heteroatoms. The zero-order chi connectivity index (χ0) is 11.1. The van der Waals surface area contributed by atoms with Crippen molar-refractivity contribution >= 4 is 27.3 Å². The van der Waals surface area contributed by atoms with E-state index in [0.29, 0.717) is 0 Å². The SMILES string of the molecule is O=C[O-].O=S(=O)([O-])OOS(=O)(=O)[O-].[Na+]. The van der Waals surface area contributed by atoms with Crippen LogP contribution in [0.3, 0.4) is 0 Å². The Kier molecular flexibility index (Phi) is 12.0. The summed E-state index contributed by atoms with van der Waals surface area (Å²) in [5.41, 5.74) is 0. The summed E-state index contributed by atoms with van der Waals surface area (Å²) in [5.74, 6) is 0.